The SMILES string of the molecule is CSC(C)(C)CNC(=O)C1Cc2ccccc2N1. The average molecular weight is 264 g/mol. The maximum absolute atomic E-state index is 12.1. The summed E-state index contributed by atoms with van der Waals surface area (Å²) in [5, 5.41) is 6.30. The molecule has 2 rings (SSSR count). The minimum atomic E-state index is -0.125. The summed E-state index contributed by atoms with van der Waals surface area (Å²) < 4.78 is 0.0844. The van der Waals surface area contributed by atoms with E-state index in [1.807, 2.05) is 18.2 Å². The third kappa shape index (κ3) is 2.99. The lowest BCUT2D eigenvalue weighted by molar-refractivity contribution is -0.121. The summed E-state index contributed by atoms with van der Waals surface area (Å²) in [5.41, 5.74) is 2.31. The van der Waals surface area contributed by atoms with Gasteiger partial charge in [-0.3, -0.25) is 4.79 Å². The van der Waals surface area contributed by atoms with E-state index in [0.717, 1.165) is 12.1 Å². The number of fused-ring (bicyclic) bond motifs is 1. The molecule has 3 nitrogen and oxygen atoms in total. The first-order valence-corrected chi connectivity index (χ1v) is 7.41. The minimum Gasteiger partial charge on any atom is -0.373 e. The van der Waals surface area contributed by atoms with Gasteiger partial charge in [-0.1, -0.05) is 18.2 Å². The Morgan fingerprint density at radius 1 is 1.50 bits per heavy atom. The molecule has 0 spiro atoms. The fourth-order valence-corrected chi connectivity index (χ4v) is 2.17. The van der Waals surface area contributed by atoms with Gasteiger partial charge in [-0.25, -0.2) is 0 Å². The molecule has 1 heterocycles. The van der Waals surface area contributed by atoms with Crippen molar-refractivity contribution in [3.63, 3.8) is 0 Å². The number of hydrogen-bond acceptors (Lipinski definition) is 3. The lowest BCUT2D eigenvalue weighted by Crippen LogP contribution is -2.43. The molecule has 1 aliphatic heterocycles. The van der Waals surface area contributed by atoms with Crippen molar-refractivity contribution in [2.45, 2.75) is 31.1 Å². The van der Waals surface area contributed by atoms with Gasteiger partial charge in [-0.2, -0.15) is 11.8 Å². The Balaban J connectivity index is 1.90. The second-order valence-electron chi connectivity index (χ2n) is 5.24. The molecule has 98 valence electrons. The van der Waals surface area contributed by atoms with E-state index in [4.69, 9.17) is 0 Å². The van der Waals surface area contributed by atoms with Crippen LogP contribution in [0.1, 0.15) is 19.4 Å². The Labute approximate surface area is 113 Å². The molecule has 1 amide bonds. The second-order valence-corrected chi connectivity index (χ2v) is 6.75. The van der Waals surface area contributed by atoms with Crippen LogP contribution in [0.25, 0.3) is 0 Å². The predicted octanol–water partition coefficient (Wildman–Crippen LogP) is 2.28. The van der Waals surface area contributed by atoms with Crippen LogP contribution in [-0.2, 0) is 11.2 Å². The molecule has 1 aromatic carbocycles. The van der Waals surface area contributed by atoms with Gasteiger partial charge in [0, 0.05) is 23.4 Å². The zero-order chi connectivity index (χ0) is 13.2. The van der Waals surface area contributed by atoms with Crippen molar-refractivity contribution in [2.24, 2.45) is 0 Å². The zero-order valence-corrected chi connectivity index (χ0v) is 11.9. The smallest absolute Gasteiger partial charge is 0.242 e. The molecule has 0 saturated heterocycles. The third-order valence-electron chi connectivity index (χ3n) is 3.33. The van der Waals surface area contributed by atoms with Crippen LogP contribution in [0.4, 0.5) is 5.69 Å². The molecular weight excluding hydrogens is 244 g/mol. The largest absolute Gasteiger partial charge is 0.373 e. The van der Waals surface area contributed by atoms with E-state index < -0.39 is 0 Å². The average Bonchev–Trinajstić information content (AvgIpc) is 2.80. The fourth-order valence-electron chi connectivity index (χ4n) is 1.95. The molecule has 1 atom stereocenters. The van der Waals surface area contributed by atoms with Crippen LogP contribution in [0, 0.1) is 0 Å². The van der Waals surface area contributed by atoms with Crippen LogP contribution in [0.3, 0.4) is 0 Å². The summed E-state index contributed by atoms with van der Waals surface area (Å²) in [5.74, 6) is 0.0910. The van der Waals surface area contributed by atoms with Crippen molar-refractivity contribution in [1.82, 2.24) is 5.32 Å². The first-order valence-electron chi connectivity index (χ1n) is 6.19. The van der Waals surface area contributed by atoms with Crippen LogP contribution >= 0.6 is 11.8 Å². The summed E-state index contributed by atoms with van der Waals surface area (Å²) >= 11 is 1.76. The summed E-state index contributed by atoms with van der Waals surface area (Å²) in [7, 11) is 0. The maximum atomic E-state index is 12.1. The van der Waals surface area contributed by atoms with Crippen molar-refractivity contribution in [1.29, 1.82) is 0 Å². The minimum absolute atomic E-state index is 0.0844. The van der Waals surface area contributed by atoms with Crippen LogP contribution in [0.5, 0.6) is 0 Å². The number of carbonyl (C=O) groups is 1. The topological polar surface area (TPSA) is 41.1 Å². The quantitative estimate of drug-likeness (QED) is 0.876. The van der Waals surface area contributed by atoms with Gasteiger partial charge in [0.2, 0.25) is 5.91 Å². The summed E-state index contributed by atoms with van der Waals surface area (Å²) in [6, 6.07) is 7.97. The van der Waals surface area contributed by atoms with E-state index in [2.05, 4.69) is 36.8 Å². The van der Waals surface area contributed by atoms with Gasteiger partial charge in [0.1, 0.15) is 6.04 Å². The van der Waals surface area contributed by atoms with Gasteiger partial charge in [-0.15, -0.1) is 0 Å². The number of thioether (sulfide) groups is 1. The summed E-state index contributed by atoms with van der Waals surface area (Å²) in [6.45, 7) is 4.96. The fraction of sp³-hybridized carbons (Fsp3) is 0.500. The van der Waals surface area contributed by atoms with E-state index in [0.29, 0.717) is 6.54 Å². The summed E-state index contributed by atoms with van der Waals surface area (Å²) in [4.78, 5) is 12.1. The molecular formula is C14H20N2OS. The first-order chi connectivity index (χ1) is 8.52. The van der Waals surface area contributed by atoms with Crippen molar-refractivity contribution in [3.05, 3.63) is 29.8 Å². The molecule has 1 unspecified atom stereocenters. The van der Waals surface area contributed by atoms with Gasteiger partial charge in [0.15, 0.2) is 0 Å². The highest BCUT2D eigenvalue weighted by molar-refractivity contribution is 7.99. The van der Waals surface area contributed by atoms with Crippen LogP contribution < -0.4 is 10.6 Å². The molecule has 0 radical (unpaired) electrons. The highest BCUT2D eigenvalue weighted by Gasteiger charge is 2.27. The standard InChI is InChI=1S/C14H20N2OS/c1-14(2,18-3)9-15-13(17)12-8-10-6-4-5-7-11(10)16-12/h4-7,12,16H,8-9H2,1-3H3,(H,15,17). The van der Waals surface area contributed by atoms with Crippen molar-refractivity contribution >= 4 is 23.4 Å². The van der Waals surface area contributed by atoms with E-state index in [1.165, 1.54) is 5.56 Å². The third-order valence-corrected chi connectivity index (χ3v) is 4.58. The molecule has 1 aromatic rings. The van der Waals surface area contributed by atoms with Crippen LogP contribution in [0.2, 0.25) is 0 Å². The Hall–Kier alpha value is -1.16. The van der Waals surface area contributed by atoms with E-state index in [-0.39, 0.29) is 16.7 Å². The Bertz CT molecular complexity index is 420. The lowest BCUT2D eigenvalue weighted by Gasteiger charge is -2.23. The monoisotopic (exact) mass is 264 g/mol. The Morgan fingerprint density at radius 3 is 2.89 bits per heavy atom. The number of para-hydroxylation sites is 1. The number of hydrogen-bond donors (Lipinski definition) is 2. The van der Waals surface area contributed by atoms with Crippen molar-refractivity contribution in [2.75, 3.05) is 18.1 Å². The van der Waals surface area contributed by atoms with E-state index >= 15 is 0 Å². The molecule has 0 bridgehead atoms. The second kappa shape index (κ2) is 5.22. The van der Waals surface area contributed by atoms with E-state index in [9.17, 15) is 4.79 Å². The lowest BCUT2D eigenvalue weighted by atomic mass is 10.1. The number of nitrogens with one attached hydrogen (secondary N) is 2. The van der Waals surface area contributed by atoms with Crippen LogP contribution in [-0.4, -0.2) is 29.5 Å². The number of benzene rings is 1. The predicted molar refractivity (Wildman–Crippen MR) is 78.2 cm³/mol. The molecule has 4 heteroatoms. The van der Waals surface area contributed by atoms with Gasteiger partial charge in [0.25, 0.3) is 0 Å². The molecule has 1 aliphatic rings. The Morgan fingerprint density at radius 2 is 2.22 bits per heavy atom. The first kappa shape index (κ1) is 13.3. The molecule has 2 N–H and O–H groups in total. The van der Waals surface area contributed by atoms with Gasteiger partial charge in [-0.05, 0) is 31.7 Å². The number of carbonyl (C=O) groups excluding carboxylic acids is 1. The van der Waals surface area contributed by atoms with Gasteiger partial charge >= 0.3 is 0 Å². The molecule has 0 saturated carbocycles. The van der Waals surface area contributed by atoms with Crippen LogP contribution in [0.15, 0.2) is 24.3 Å². The Kier molecular flexibility index (Phi) is 3.85. The molecule has 18 heavy (non-hydrogen) atoms. The number of anilines is 1. The highest BCUT2D eigenvalue weighted by atomic mass is 32.2. The number of amides is 1. The van der Waals surface area contributed by atoms with Gasteiger partial charge < -0.3 is 10.6 Å². The van der Waals surface area contributed by atoms with E-state index in [1.54, 1.807) is 11.8 Å². The highest BCUT2D eigenvalue weighted by Crippen LogP contribution is 2.25. The normalized spacial score (nSPS) is 18.1. The zero-order valence-electron chi connectivity index (χ0n) is 11.1. The molecule has 0 aliphatic carbocycles. The molecule has 0 aromatic heterocycles. The number of rotatable bonds is 4. The van der Waals surface area contributed by atoms with Crippen molar-refractivity contribution < 1.29 is 4.79 Å². The van der Waals surface area contributed by atoms with Gasteiger partial charge in [0.05, 0.1) is 0 Å². The maximum Gasteiger partial charge on any atom is 0.242 e. The van der Waals surface area contributed by atoms with Crippen molar-refractivity contribution in [3.8, 4) is 0 Å². The summed E-state index contributed by atoms with van der Waals surface area (Å²) in [6.07, 6.45) is 2.84. The molecule has 0 fully saturated rings.